The van der Waals surface area contributed by atoms with Gasteiger partial charge in [-0.15, -0.1) is 0 Å². The maximum Gasteiger partial charge on any atom is 0.355 e. The van der Waals surface area contributed by atoms with Gasteiger partial charge in [-0.2, -0.15) is 0 Å². The highest BCUT2D eigenvalue weighted by atomic mass is 35.5. The molecule has 0 aliphatic carbocycles. The number of esters is 1. The van der Waals surface area contributed by atoms with Crippen LogP contribution in [0, 0.1) is 11.6 Å². The molecule has 0 fully saturated rings. The third kappa shape index (κ3) is 8.06. The minimum absolute atomic E-state index is 0.0707. The summed E-state index contributed by atoms with van der Waals surface area (Å²) in [5.41, 5.74) is 0.0152. The van der Waals surface area contributed by atoms with E-state index in [2.05, 4.69) is 10.3 Å². The second kappa shape index (κ2) is 14.4. The Morgan fingerprint density at radius 3 is 2.22 bits per heavy atom. The van der Waals surface area contributed by atoms with Crippen molar-refractivity contribution in [1.29, 1.82) is 0 Å². The average molecular weight is 726 g/mol. The maximum absolute atomic E-state index is 14.2. The second-order valence-corrected chi connectivity index (χ2v) is 13.4. The van der Waals surface area contributed by atoms with Crippen molar-refractivity contribution in [2.24, 2.45) is 0 Å². The van der Waals surface area contributed by atoms with Crippen molar-refractivity contribution in [2.45, 2.75) is 4.90 Å². The number of carboxylic acids is 1. The van der Waals surface area contributed by atoms with Crippen LogP contribution >= 0.6 is 23.2 Å². The van der Waals surface area contributed by atoms with E-state index in [9.17, 15) is 36.7 Å². The molecule has 0 radical (unpaired) electrons. The van der Waals surface area contributed by atoms with Crippen LogP contribution in [0.4, 0.5) is 14.5 Å². The van der Waals surface area contributed by atoms with Gasteiger partial charge in [0.2, 0.25) is 5.91 Å². The van der Waals surface area contributed by atoms with E-state index in [0.717, 1.165) is 18.4 Å². The highest BCUT2D eigenvalue weighted by Gasteiger charge is 2.25. The molecule has 9 nitrogen and oxygen atoms in total. The Balaban J connectivity index is 1.57. The summed E-state index contributed by atoms with van der Waals surface area (Å²) in [6, 6.07) is 19.1. The van der Waals surface area contributed by atoms with Gasteiger partial charge < -0.3 is 20.1 Å². The van der Waals surface area contributed by atoms with Crippen LogP contribution < -0.4 is 5.32 Å². The Labute approximate surface area is 288 Å². The third-order valence-corrected chi connectivity index (χ3v) is 8.85. The Morgan fingerprint density at radius 2 is 1.59 bits per heavy atom. The average Bonchev–Trinajstić information content (AvgIpc) is 3.42. The molecular weight excluding hydrogens is 701 g/mol. The molecule has 0 spiro atoms. The molecule has 5 aromatic rings. The standard InChI is InChI=1S/C35H24Cl2F2N2O7S/c1-49(46,47)23-10-7-19(8-11-23)25(31(34(43)44)20-9-13-27(38)28(39)15-20)18-48-35(45)33-24(32-26(37)16-21(36)17-29(32)41-33)12-14-30(42)40-22-5-3-2-4-6-22/h2-17,41H,18H2,1H3,(H,40,42)(H,43,44)/b14-12+,31-25+. The van der Waals surface area contributed by atoms with Crippen LogP contribution in [0.2, 0.25) is 10.0 Å². The molecule has 0 aliphatic heterocycles. The van der Waals surface area contributed by atoms with Crippen LogP contribution in [0.25, 0.3) is 28.1 Å². The summed E-state index contributed by atoms with van der Waals surface area (Å²) in [4.78, 5) is 41.8. The molecule has 14 heteroatoms. The van der Waals surface area contributed by atoms with E-state index in [1.807, 2.05) is 0 Å². The minimum Gasteiger partial charge on any atom is -0.478 e. The number of sulfone groups is 1. The first-order valence-electron chi connectivity index (χ1n) is 14.2. The van der Waals surface area contributed by atoms with Crippen molar-refractivity contribution in [1.82, 2.24) is 4.98 Å². The number of aromatic nitrogens is 1. The number of benzene rings is 4. The molecule has 0 unspecified atom stereocenters. The number of carboxylic acid groups (broad SMARTS) is 1. The monoisotopic (exact) mass is 724 g/mol. The largest absolute Gasteiger partial charge is 0.478 e. The van der Waals surface area contributed by atoms with Gasteiger partial charge in [-0.05, 0) is 65.7 Å². The van der Waals surface area contributed by atoms with Crippen LogP contribution in [0.15, 0.2) is 95.9 Å². The summed E-state index contributed by atoms with van der Waals surface area (Å²) < 4.78 is 57.7. The van der Waals surface area contributed by atoms with Crippen LogP contribution in [-0.2, 0) is 24.2 Å². The summed E-state index contributed by atoms with van der Waals surface area (Å²) in [5.74, 6) is -5.63. The molecule has 0 bridgehead atoms. The summed E-state index contributed by atoms with van der Waals surface area (Å²) in [7, 11) is -3.63. The second-order valence-electron chi connectivity index (χ2n) is 10.6. The summed E-state index contributed by atoms with van der Waals surface area (Å²) in [5, 5.41) is 13.6. The third-order valence-electron chi connectivity index (χ3n) is 7.20. The lowest BCUT2D eigenvalue weighted by Crippen LogP contribution is -2.13. The van der Waals surface area contributed by atoms with Gasteiger partial charge in [0.1, 0.15) is 12.3 Å². The van der Waals surface area contributed by atoms with Gasteiger partial charge in [0.15, 0.2) is 21.5 Å². The Morgan fingerprint density at radius 1 is 0.918 bits per heavy atom. The van der Waals surface area contributed by atoms with E-state index >= 15 is 0 Å². The SMILES string of the molecule is CS(=O)(=O)c1ccc(/C(COC(=O)c2[nH]c3cc(Cl)cc(Cl)c3c2/C=C/C(=O)Nc2ccccc2)=C(/C(=O)O)c2ccc(F)c(F)c2)cc1. The first-order chi connectivity index (χ1) is 23.2. The van der Waals surface area contributed by atoms with E-state index < -0.39 is 51.5 Å². The van der Waals surface area contributed by atoms with Gasteiger partial charge in [0.25, 0.3) is 0 Å². The van der Waals surface area contributed by atoms with E-state index in [4.69, 9.17) is 27.9 Å². The smallest absolute Gasteiger partial charge is 0.355 e. The molecule has 1 amide bonds. The number of hydrogen-bond acceptors (Lipinski definition) is 6. The molecular formula is C35H24Cl2F2N2O7S. The van der Waals surface area contributed by atoms with Crippen molar-refractivity contribution >= 4 is 84.7 Å². The first-order valence-corrected chi connectivity index (χ1v) is 16.8. The fourth-order valence-corrected chi connectivity index (χ4v) is 6.18. The summed E-state index contributed by atoms with van der Waals surface area (Å²) in [6.45, 7) is -0.723. The van der Waals surface area contributed by atoms with Crippen molar-refractivity contribution in [3.8, 4) is 0 Å². The number of carbonyl (C=O) groups excluding carboxylic acids is 2. The van der Waals surface area contributed by atoms with Crippen molar-refractivity contribution in [2.75, 3.05) is 18.2 Å². The highest BCUT2D eigenvalue weighted by molar-refractivity contribution is 7.90. The minimum atomic E-state index is -3.63. The molecule has 0 atom stereocenters. The van der Waals surface area contributed by atoms with E-state index in [0.29, 0.717) is 22.7 Å². The Bertz CT molecular complexity index is 2290. The number of aromatic amines is 1. The van der Waals surface area contributed by atoms with Crippen molar-refractivity contribution < 1.29 is 41.4 Å². The topological polar surface area (TPSA) is 143 Å². The number of aliphatic carboxylic acids is 1. The van der Waals surface area contributed by atoms with Crippen LogP contribution in [0.1, 0.15) is 27.2 Å². The zero-order chi connectivity index (χ0) is 35.5. The van der Waals surface area contributed by atoms with Gasteiger partial charge in [-0.3, -0.25) is 4.79 Å². The van der Waals surface area contributed by atoms with Crippen LogP contribution in [0.5, 0.6) is 0 Å². The van der Waals surface area contributed by atoms with Gasteiger partial charge >= 0.3 is 11.9 Å². The molecule has 1 heterocycles. The predicted octanol–water partition coefficient (Wildman–Crippen LogP) is 7.66. The van der Waals surface area contributed by atoms with Gasteiger partial charge in [0, 0.05) is 45.1 Å². The van der Waals surface area contributed by atoms with Crippen LogP contribution in [-0.4, -0.2) is 49.2 Å². The van der Waals surface area contributed by atoms with Gasteiger partial charge in [-0.25, -0.2) is 26.8 Å². The van der Waals surface area contributed by atoms with Crippen molar-refractivity contribution in [3.63, 3.8) is 0 Å². The van der Waals surface area contributed by atoms with Crippen molar-refractivity contribution in [3.05, 3.63) is 135 Å². The van der Waals surface area contributed by atoms with Gasteiger partial charge in [0.05, 0.1) is 15.5 Å². The normalized spacial score (nSPS) is 12.2. The number of hydrogen-bond donors (Lipinski definition) is 3. The zero-order valence-corrected chi connectivity index (χ0v) is 27.6. The van der Waals surface area contributed by atoms with Crippen LogP contribution in [0.3, 0.4) is 0 Å². The number of amides is 1. The number of anilines is 1. The lowest BCUT2D eigenvalue weighted by atomic mass is 9.95. The number of nitrogens with one attached hydrogen (secondary N) is 2. The van der Waals surface area contributed by atoms with E-state index in [-0.39, 0.29) is 42.9 Å². The first kappa shape index (κ1) is 35.0. The quantitative estimate of drug-likeness (QED) is 0.0763. The number of carbonyl (C=O) groups is 3. The molecule has 0 aliphatic rings. The predicted molar refractivity (Wildman–Crippen MR) is 183 cm³/mol. The molecule has 250 valence electrons. The number of H-pyrrole nitrogens is 1. The molecule has 1 aromatic heterocycles. The lowest BCUT2D eigenvalue weighted by molar-refractivity contribution is -0.130. The molecule has 0 saturated heterocycles. The molecule has 49 heavy (non-hydrogen) atoms. The summed E-state index contributed by atoms with van der Waals surface area (Å²) >= 11 is 12.7. The molecule has 5 rings (SSSR count). The number of fused-ring (bicyclic) bond motifs is 1. The number of ether oxygens (including phenoxy) is 1. The van der Waals surface area contributed by atoms with Gasteiger partial charge in [-0.1, -0.05) is 59.6 Å². The molecule has 4 aromatic carbocycles. The maximum atomic E-state index is 14.2. The summed E-state index contributed by atoms with van der Waals surface area (Å²) in [6.07, 6.45) is 3.51. The Kier molecular flexibility index (Phi) is 10.3. The fraction of sp³-hybridized carbons (Fsp3) is 0.0571. The zero-order valence-electron chi connectivity index (χ0n) is 25.3. The number of para-hydroxylation sites is 1. The Hall–Kier alpha value is -5.30. The fourth-order valence-electron chi connectivity index (χ4n) is 4.96. The van der Waals surface area contributed by atoms with E-state index in [1.54, 1.807) is 30.3 Å². The number of rotatable bonds is 10. The lowest BCUT2D eigenvalue weighted by Gasteiger charge is -2.15. The molecule has 0 saturated carbocycles. The molecule has 3 N–H and O–H groups in total. The highest BCUT2D eigenvalue weighted by Crippen LogP contribution is 2.35. The van der Waals surface area contributed by atoms with E-state index in [1.165, 1.54) is 48.6 Å². The number of halogens is 4.